The molecule has 0 spiro atoms. The molecular formula is C15H22BrClN2O2. The molecule has 0 saturated carbocycles. The largest absolute Gasteiger partial charge is 0.462 e. The van der Waals surface area contributed by atoms with Crippen LogP contribution in [0.15, 0.2) is 16.6 Å². The Morgan fingerprint density at radius 3 is 2.67 bits per heavy atom. The van der Waals surface area contributed by atoms with E-state index in [-0.39, 0.29) is 5.97 Å². The van der Waals surface area contributed by atoms with Gasteiger partial charge in [0.15, 0.2) is 0 Å². The van der Waals surface area contributed by atoms with Gasteiger partial charge in [0.05, 0.1) is 17.9 Å². The maximum atomic E-state index is 12.1. The van der Waals surface area contributed by atoms with Crippen molar-refractivity contribution >= 4 is 39.2 Å². The fourth-order valence-corrected chi connectivity index (χ4v) is 2.58. The lowest BCUT2D eigenvalue weighted by atomic mass is 10.1. The number of anilines is 1. The van der Waals surface area contributed by atoms with Gasteiger partial charge in [0, 0.05) is 16.9 Å². The van der Waals surface area contributed by atoms with Crippen LogP contribution in [0.3, 0.4) is 0 Å². The number of ether oxygens (including phenoxy) is 1. The number of carbonyl (C=O) groups is 1. The number of unbranched alkanes of at least 4 members (excludes halogenated alkanes) is 2. The fraction of sp³-hybridized carbons (Fsp3) is 0.533. The normalized spacial score (nSPS) is 10.9. The van der Waals surface area contributed by atoms with Crippen molar-refractivity contribution in [2.45, 2.75) is 25.8 Å². The number of hydrogen-bond acceptors (Lipinski definition) is 4. The highest BCUT2D eigenvalue weighted by Gasteiger charge is 2.13. The van der Waals surface area contributed by atoms with E-state index >= 15 is 0 Å². The summed E-state index contributed by atoms with van der Waals surface area (Å²) in [5.74, 6) is 0.328. The molecule has 0 aliphatic rings. The molecular weight excluding hydrogens is 356 g/mol. The van der Waals surface area contributed by atoms with Gasteiger partial charge in [-0.2, -0.15) is 0 Å². The smallest absolute Gasteiger partial charge is 0.338 e. The lowest BCUT2D eigenvalue weighted by molar-refractivity contribution is 0.0498. The van der Waals surface area contributed by atoms with Crippen molar-refractivity contribution < 1.29 is 9.53 Å². The number of nitrogens with zero attached hydrogens (tertiary/aromatic N) is 1. The monoisotopic (exact) mass is 376 g/mol. The first-order valence-electron chi connectivity index (χ1n) is 6.91. The molecule has 0 fully saturated rings. The minimum absolute atomic E-state index is 0.318. The molecule has 0 unspecified atom stereocenters. The van der Waals surface area contributed by atoms with Crippen LogP contribution in [0.4, 0.5) is 5.69 Å². The van der Waals surface area contributed by atoms with Gasteiger partial charge in [-0.1, -0.05) is 0 Å². The standard InChI is InChI=1S/C15H22BrClN2O2/c1-19(2)10-12-8-11(9-13(16)14(12)18)15(20)21-7-5-3-4-6-17/h8-9H,3-7,10,18H2,1-2H3. The summed E-state index contributed by atoms with van der Waals surface area (Å²) in [6.45, 7) is 1.09. The summed E-state index contributed by atoms with van der Waals surface area (Å²) in [7, 11) is 3.91. The van der Waals surface area contributed by atoms with Crippen LogP contribution in [0.25, 0.3) is 0 Å². The van der Waals surface area contributed by atoms with Crippen LogP contribution < -0.4 is 5.73 Å². The van der Waals surface area contributed by atoms with Crippen LogP contribution in [0, 0.1) is 0 Å². The molecule has 21 heavy (non-hydrogen) atoms. The molecule has 0 bridgehead atoms. The molecule has 0 radical (unpaired) electrons. The molecule has 0 aromatic heterocycles. The predicted molar refractivity (Wildman–Crippen MR) is 90.8 cm³/mol. The van der Waals surface area contributed by atoms with E-state index in [1.807, 2.05) is 19.0 Å². The Balaban J connectivity index is 2.69. The maximum absolute atomic E-state index is 12.1. The molecule has 118 valence electrons. The average molecular weight is 378 g/mol. The van der Waals surface area contributed by atoms with Gasteiger partial charge in [0.1, 0.15) is 0 Å². The number of carbonyl (C=O) groups excluding carboxylic acids is 1. The van der Waals surface area contributed by atoms with E-state index in [1.165, 1.54) is 0 Å². The van der Waals surface area contributed by atoms with E-state index in [1.54, 1.807) is 12.1 Å². The Kier molecular flexibility index (Phi) is 8.07. The topological polar surface area (TPSA) is 55.6 Å². The molecule has 0 aliphatic carbocycles. The van der Waals surface area contributed by atoms with E-state index in [0.29, 0.717) is 30.3 Å². The summed E-state index contributed by atoms with van der Waals surface area (Å²) < 4.78 is 5.99. The number of halogens is 2. The second-order valence-electron chi connectivity index (χ2n) is 5.15. The predicted octanol–water partition coefficient (Wildman–Crippen LogP) is 3.66. The zero-order valence-electron chi connectivity index (χ0n) is 12.5. The van der Waals surface area contributed by atoms with E-state index in [9.17, 15) is 4.79 Å². The van der Waals surface area contributed by atoms with Crippen LogP contribution in [0.1, 0.15) is 35.2 Å². The van der Waals surface area contributed by atoms with E-state index in [2.05, 4.69) is 15.9 Å². The molecule has 0 saturated heterocycles. The molecule has 0 atom stereocenters. The molecule has 1 aromatic carbocycles. The van der Waals surface area contributed by atoms with Crippen molar-refractivity contribution in [2.24, 2.45) is 0 Å². The highest BCUT2D eigenvalue weighted by atomic mass is 79.9. The SMILES string of the molecule is CN(C)Cc1cc(C(=O)OCCCCCCl)cc(Br)c1N. The first-order valence-corrected chi connectivity index (χ1v) is 8.24. The van der Waals surface area contributed by atoms with Crippen molar-refractivity contribution in [1.29, 1.82) is 0 Å². The molecule has 1 aromatic rings. The third kappa shape index (κ3) is 6.24. The molecule has 0 aliphatic heterocycles. The van der Waals surface area contributed by atoms with Crippen LogP contribution in [-0.2, 0) is 11.3 Å². The third-order valence-electron chi connectivity index (χ3n) is 2.95. The van der Waals surface area contributed by atoms with Gasteiger partial charge < -0.3 is 15.4 Å². The number of rotatable bonds is 8. The van der Waals surface area contributed by atoms with Gasteiger partial charge in [0.25, 0.3) is 0 Å². The Morgan fingerprint density at radius 1 is 1.33 bits per heavy atom. The van der Waals surface area contributed by atoms with Crippen molar-refractivity contribution in [2.75, 3.05) is 32.3 Å². The Bertz CT molecular complexity index is 481. The molecule has 0 amide bonds. The van der Waals surface area contributed by atoms with Crippen molar-refractivity contribution in [1.82, 2.24) is 4.90 Å². The second kappa shape index (κ2) is 9.28. The maximum Gasteiger partial charge on any atom is 0.338 e. The van der Waals surface area contributed by atoms with Crippen molar-refractivity contribution in [3.05, 3.63) is 27.7 Å². The molecule has 0 heterocycles. The second-order valence-corrected chi connectivity index (χ2v) is 6.39. The highest BCUT2D eigenvalue weighted by molar-refractivity contribution is 9.10. The summed E-state index contributed by atoms with van der Waals surface area (Å²) >= 11 is 8.99. The number of nitrogens with two attached hydrogens (primary N) is 1. The minimum atomic E-state index is -0.318. The van der Waals surface area contributed by atoms with Gasteiger partial charge in [-0.25, -0.2) is 4.79 Å². The van der Waals surface area contributed by atoms with Crippen molar-refractivity contribution in [3.8, 4) is 0 Å². The third-order valence-corrected chi connectivity index (χ3v) is 3.87. The Hall–Kier alpha value is -0.780. The van der Waals surface area contributed by atoms with Crippen LogP contribution in [-0.4, -0.2) is 37.5 Å². The average Bonchev–Trinajstić information content (AvgIpc) is 2.42. The first-order chi connectivity index (χ1) is 9.95. The van der Waals surface area contributed by atoms with Crippen LogP contribution >= 0.6 is 27.5 Å². The molecule has 1 rings (SSSR count). The summed E-state index contributed by atoms with van der Waals surface area (Å²) in [5.41, 5.74) is 8.10. The first kappa shape index (κ1) is 18.3. The number of benzene rings is 1. The molecule has 2 N–H and O–H groups in total. The number of alkyl halides is 1. The summed E-state index contributed by atoms with van der Waals surface area (Å²) in [5, 5.41) is 0. The summed E-state index contributed by atoms with van der Waals surface area (Å²) in [6, 6.07) is 3.50. The zero-order valence-corrected chi connectivity index (χ0v) is 14.8. The number of hydrogen-bond donors (Lipinski definition) is 1. The van der Waals surface area contributed by atoms with E-state index in [4.69, 9.17) is 22.1 Å². The summed E-state index contributed by atoms with van der Waals surface area (Å²) in [4.78, 5) is 14.1. The minimum Gasteiger partial charge on any atom is -0.462 e. The van der Waals surface area contributed by atoms with Gasteiger partial charge >= 0.3 is 5.97 Å². The van der Waals surface area contributed by atoms with Gasteiger partial charge in [-0.3, -0.25) is 0 Å². The zero-order chi connectivity index (χ0) is 15.8. The van der Waals surface area contributed by atoms with Gasteiger partial charge in [-0.05, 0) is 67.0 Å². The molecule has 4 nitrogen and oxygen atoms in total. The van der Waals surface area contributed by atoms with E-state index in [0.717, 1.165) is 29.3 Å². The lowest BCUT2D eigenvalue weighted by Crippen LogP contribution is -2.14. The van der Waals surface area contributed by atoms with Gasteiger partial charge in [-0.15, -0.1) is 11.6 Å². The van der Waals surface area contributed by atoms with Crippen molar-refractivity contribution in [3.63, 3.8) is 0 Å². The number of nitrogen functional groups attached to an aromatic ring is 1. The molecule has 6 heteroatoms. The highest BCUT2D eigenvalue weighted by Crippen LogP contribution is 2.26. The quantitative estimate of drug-likeness (QED) is 0.325. The Labute approximate surface area is 139 Å². The van der Waals surface area contributed by atoms with Gasteiger partial charge in [0.2, 0.25) is 0 Å². The van der Waals surface area contributed by atoms with Crippen LogP contribution in [0.5, 0.6) is 0 Å². The van der Waals surface area contributed by atoms with Crippen LogP contribution in [0.2, 0.25) is 0 Å². The summed E-state index contributed by atoms with van der Waals surface area (Å²) in [6.07, 6.45) is 2.74. The van der Waals surface area contributed by atoms with E-state index < -0.39 is 0 Å². The number of esters is 1. The lowest BCUT2D eigenvalue weighted by Gasteiger charge is -2.14. The Morgan fingerprint density at radius 2 is 2.05 bits per heavy atom. The fourth-order valence-electron chi connectivity index (χ4n) is 1.89.